The van der Waals surface area contributed by atoms with E-state index in [1.54, 1.807) is 29.9 Å². The monoisotopic (exact) mass is 364 g/mol. The third-order valence-corrected chi connectivity index (χ3v) is 6.39. The highest BCUT2D eigenvalue weighted by Crippen LogP contribution is 2.26. The first kappa shape index (κ1) is 17.9. The smallest absolute Gasteiger partial charge is 0.218 e. The Balaban J connectivity index is 1.77. The van der Waals surface area contributed by atoms with E-state index >= 15 is 0 Å². The number of likely N-dealkylation sites (N-methyl/N-ethyl adjacent to an activating group) is 1. The molecule has 1 aromatic heterocycles. The minimum absolute atomic E-state index is 0.0266. The van der Waals surface area contributed by atoms with E-state index in [4.69, 9.17) is 4.74 Å². The Morgan fingerprint density at radius 1 is 1.36 bits per heavy atom. The van der Waals surface area contributed by atoms with Crippen LogP contribution in [0.25, 0.3) is 0 Å². The molecule has 7 nitrogen and oxygen atoms in total. The molecule has 1 fully saturated rings. The predicted octanol–water partition coefficient (Wildman–Crippen LogP) is 1.63. The lowest BCUT2D eigenvalue weighted by molar-refractivity contribution is 0.119. The largest absolute Gasteiger partial charge is 0.497 e. The van der Waals surface area contributed by atoms with Gasteiger partial charge in [0.2, 0.25) is 10.0 Å². The fourth-order valence-electron chi connectivity index (χ4n) is 3.21. The quantitative estimate of drug-likeness (QED) is 0.843. The number of hydrogen-bond donors (Lipinski definition) is 1. The molecular formula is C17H24N4O3S. The lowest BCUT2D eigenvalue weighted by Gasteiger charge is -2.39. The molecule has 0 radical (unpaired) electrons. The molecule has 3 rings (SSSR count). The van der Waals surface area contributed by atoms with Gasteiger partial charge < -0.3 is 9.72 Å². The average Bonchev–Trinajstić information content (AvgIpc) is 3.15. The second kappa shape index (κ2) is 7.55. The molecule has 0 saturated carbocycles. The zero-order chi connectivity index (χ0) is 17.9. The normalized spacial score (nSPS) is 19.8. The summed E-state index contributed by atoms with van der Waals surface area (Å²) in [7, 11) is -1.83. The van der Waals surface area contributed by atoms with Crippen LogP contribution in [0.1, 0.15) is 24.4 Å². The van der Waals surface area contributed by atoms with Crippen molar-refractivity contribution in [1.82, 2.24) is 19.2 Å². The number of methoxy groups -OCH3 is 1. The van der Waals surface area contributed by atoms with E-state index in [-0.39, 0.29) is 11.8 Å². The zero-order valence-corrected chi connectivity index (χ0v) is 15.4. The highest BCUT2D eigenvalue weighted by atomic mass is 32.2. The first-order valence-corrected chi connectivity index (χ1v) is 9.98. The van der Waals surface area contributed by atoms with Gasteiger partial charge in [0.1, 0.15) is 11.6 Å². The Bertz CT molecular complexity index is 792. The Labute approximate surface area is 148 Å². The van der Waals surface area contributed by atoms with Crippen LogP contribution >= 0.6 is 0 Å². The molecule has 25 heavy (non-hydrogen) atoms. The maximum Gasteiger partial charge on any atom is 0.218 e. The topological polar surface area (TPSA) is 78.5 Å². The van der Waals surface area contributed by atoms with Gasteiger partial charge in [-0.25, -0.2) is 13.4 Å². The second-order valence-electron chi connectivity index (χ2n) is 6.08. The van der Waals surface area contributed by atoms with Crippen molar-refractivity contribution in [2.24, 2.45) is 0 Å². The molecule has 1 aliphatic rings. The number of nitrogens with one attached hydrogen (secondary N) is 1. The average molecular weight is 364 g/mol. The molecule has 136 valence electrons. The van der Waals surface area contributed by atoms with Gasteiger partial charge in [0.05, 0.1) is 18.9 Å². The van der Waals surface area contributed by atoms with E-state index in [9.17, 15) is 8.42 Å². The number of hydrogen-bond acceptors (Lipinski definition) is 5. The summed E-state index contributed by atoms with van der Waals surface area (Å²) in [6.07, 6.45) is 3.47. The SMILES string of the molecule is CCN1CCN(S(=O)(=O)Cc2cccc(OC)c2)C[C@H]1c1ncc[nH]1. The van der Waals surface area contributed by atoms with Crippen molar-refractivity contribution in [1.29, 1.82) is 0 Å². The van der Waals surface area contributed by atoms with Crippen LogP contribution in [0.2, 0.25) is 0 Å². The second-order valence-corrected chi connectivity index (χ2v) is 8.05. The summed E-state index contributed by atoms with van der Waals surface area (Å²) in [5.74, 6) is 1.45. The third-order valence-electron chi connectivity index (χ3n) is 4.57. The van der Waals surface area contributed by atoms with Gasteiger partial charge in [-0.05, 0) is 24.2 Å². The van der Waals surface area contributed by atoms with Crippen molar-refractivity contribution in [2.75, 3.05) is 33.3 Å². The molecule has 0 unspecified atom stereocenters. The van der Waals surface area contributed by atoms with Crippen molar-refractivity contribution in [3.63, 3.8) is 0 Å². The van der Waals surface area contributed by atoms with Crippen LogP contribution in [0.5, 0.6) is 5.75 Å². The molecule has 0 aliphatic carbocycles. The summed E-state index contributed by atoms with van der Waals surface area (Å²) in [5.41, 5.74) is 0.729. The van der Waals surface area contributed by atoms with Crippen LogP contribution in [-0.2, 0) is 15.8 Å². The number of sulfonamides is 1. The third kappa shape index (κ3) is 4.02. The standard InChI is InChI=1S/C17H24N4O3S/c1-3-20-9-10-21(12-16(20)17-18-7-8-19-17)25(22,23)13-14-5-4-6-15(11-14)24-2/h4-8,11,16H,3,9-10,12-13H2,1-2H3,(H,18,19)/t16-/m0/s1. The van der Waals surface area contributed by atoms with Crippen LogP contribution in [0.3, 0.4) is 0 Å². The van der Waals surface area contributed by atoms with Crippen molar-refractivity contribution in [2.45, 2.75) is 18.7 Å². The lowest BCUT2D eigenvalue weighted by Crippen LogP contribution is -2.50. The van der Waals surface area contributed by atoms with Gasteiger partial charge in [-0.2, -0.15) is 4.31 Å². The van der Waals surface area contributed by atoms with E-state index in [1.165, 1.54) is 0 Å². The fourth-order valence-corrected chi connectivity index (χ4v) is 4.72. The molecule has 8 heteroatoms. The van der Waals surface area contributed by atoms with E-state index in [0.29, 0.717) is 25.4 Å². The summed E-state index contributed by atoms with van der Waals surface area (Å²) >= 11 is 0. The summed E-state index contributed by atoms with van der Waals surface area (Å²) in [6.45, 7) is 4.54. The van der Waals surface area contributed by atoms with E-state index in [2.05, 4.69) is 21.8 Å². The Morgan fingerprint density at radius 2 is 2.20 bits per heavy atom. The van der Waals surface area contributed by atoms with Gasteiger partial charge >= 0.3 is 0 Å². The molecule has 1 aromatic carbocycles. The number of aromatic amines is 1. The van der Waals surface area contributed by atoms with Crippen molar-refractivity contribution >= 4 is 10.0 Å². The van der Waals surface area contributed by atoms with Crippen LogP contribution in [0.4, 0.5) is 0 Å². The fraction of sp³-hybridized carbons (Fsp3) is 0.471. The Morgan fingerprint density at radius 3 is 2.88 bits per heavy atom. The molecule has 2 heterocycles. The van der Waals surface area contributed by atoms with E-state index < -0.39 is 10.0 Å². The number of H-pyrrole nitrogens is 1. The number of aromatic nitrogens is 2. The van der Waals surface area contributed by atoms with E-state index in [0.717, 1.165) is 17.9 Å². The highest BCUT2D eigenvalue weighted by Gasteiger charge is 2.34. The van der Waals surface area contributed by atoms with Crippen molar-refractivity contribution in [3.8, 4) is 5.75 Å². The summed E-state index contributed by atoms with van der Waals surface area (Å²) < 4.78 is 32.6. The van der Waals surface area contributed by atoms with Gasteiger partial charge in [-0.3, -0.25) is 4.90 Å². The summed E-state index contributed by atoms with van der Waals surface area (Å²) in [4.78, 5) is 9.69. The zero-order valence-electron chi connectivity index (χ0n) is 14.6. The number of nitrogens with zero attached hydrogens (tertiary/aromatic N) is 3. The maximum atomic E-state index is 12.9. The highest BCUT2D eigenvalue weighted by molar-refractivity contribution is 7.88. The molecule has 0 amide bonds. The molecule has 0 spiro atoms. The van der Waals surface area contributed by atoms with Gasteiger partial charge in [0.15, 0.2) is 0 Å². The molecule has 0 bridgehead atoms. The van der Waals surface area contributed by atoms with Crippen LogP contribution in [-0.4, -0.2) is 60.9 Å². The van der Waals surface area contributed by atoms with Crippen molar-refractivity contribution < 1.29 is 13.2 Å². The van der Waals surface area contributed by atoms with Gasteiger partial charge in [0.25, 0.3) is 0 Å². The lowest BCUT2D eigenvalue weighted by atomic mass is 10.2. The number of ether oxygens (including phenoxy) is 1. The van der Waals surface area contributed by atoms with Crippen LogP contribution < -0.4 is 4.74 Å². The maximum absolute atomic E-state index is 12.9. The number of rotatable bonds is 6. The number of imidazole rings is 1. The van der Waals surface area contributed by atoms with E-state index in [1.807, 2.05) is 18.2 Å². The van der Waals surface area contributed by atoms with Gasteiger partial charge in [0, 0.05) is 32.0 Å². The molecular weight excluding hydrogens is 340 g/mol. The van der Waals surface area contributed by atoms with Crippen LogP contribution in [0.15, 0.2) is 36.7 Å². The number of benzene rings is 1. The molecule has 1 saturated heterocycles. The summed E-state index contributed by atoms with van der Waals surface area (Å²) in [6, 6.07) is 7.15. The molecule has 2 aromatic rings. The predicted molar refractivity (Wildman–Crippen MR) is 95.8 cm³/mol. The first-order chi connectivity index (χ1) is 12.0. The Kier molecular flexibility index (Phi) is 5.41. The summed E-state index contributed by atoms with van der Waals surface area (Å²) in [5, 5.41) is 0. The molecule has 1 aliphatic heterocycles. The Hall–Kier alpha value is -1.90. The molecule has 1 N–H and O–H groups in total. The van der Waals surface area contributed by atoms with Gasteiger partial charge in [-0.1, -0.05) is 19.1 Å². The van der Waals surface area contributed by atoms with Crippen LogP contribution in [0, 0.1) is 0 Å². The molecule has 1 atom stereocenters. The number of piperazine rings is 1. The minimum atomic E-state index is -3.41. The van der Waals surface area contributed by atoms with Crippen molar-refractivity contribution in [3.05, 3.63) is 48.0 Å². The minimum Gasteiger partial charge on any atom is -0.497 e. The van der Waals surface area contributed by atoms with Gasteiger partial charge in [-0.15, -0.1) is 0 Å². The first-order valence-electron chi connectivity index (χ1n) is 8.37.